The standard InChI is InChI=1S/C19H19ClF2N2O2/c20-14-6-4-13(5-7-14)17(24-8-10-26-11-9-24)12-23-19(25)18-15(21)2-1-3-16(18)22/h1-7,17H,8-12H2,(H,23,25). The van der Waals surface area contributed by atoms with E-state index < -0.39 is 23.1 Å². The molecule has 1 unspecified atom stereocenters. The van der Waals surface area contributed by atoms with Crippen LogP contribution in [0, 0.1) is 11.6 Å². The van der Waals surface area contributed by atoms with Crippen LogP contribution in [0.4, 0.5) is 8.78 Å². The minimum absolute atomic E-state index is 0.144. The van der Waals surface area contributed by atoms with Crippen LogP contribution in [0.1, 0.15) is 22.0 Å². The SMILES string of the molecule is O=C(NCC(c1ccc(Cl)cc1)N1CCOCC1)c1c(F)cccc1F. The van der Waals surface area contributed by atoms with Crippen molar-refractivity contribution < 1.29 is 18.3 Å². The van der Waals surface area contributed by atoms with Gasteiger partial charge in [0.25, 0.3) is 5.91 Å². The predicted molar refractivity (Wildman–Crippen MR) is 95.3 cm³/mol. The number of halogens is 3. The number of ether oxygens (including phenoxy) is 1. The van der Waals surface area contributed by atoms with Crippen molar-refractivity contribution in [1.82, 2.24) is 10.2 Å². The number of benzene rings is 2. The van der Waals surface area contributed by atoms with E-state index in [0.717, 1.165) is 17.7 Å². The lowest BCUT2D eigenvalue weighted by molar-refractivity contribution is 0.0162. The van der Waals surface area contributed by atoms with E-state index in [4.69, 9.17) is 16.3 Å². The molecular formula is C19H19ClF2N2O2. The summed E-state index contributed by atoms with van der Waals surface area (Å²) < 4.78 is 33.0. The van der Waals surface area contributed by atoms with Crippen LogP contribution in [0.25, 0.3) is 0 Å². The van der Waals surface area contributed by atoms with Crippen molar-refractivity contribution in [3.8, 4) is 0 Å². The maximum atomic E-state index is 13.8. The van der Waals surface area contributed by atoms with Crippen molar-refractivity contribution in [1.29, 1.82) is 0 Å². The van der Waals surface area contributed by atoms with Crippen molar-refractivity contribution in [2.45, 2.75) is 6.04 Å². The molecule has 1 saturated heterocycles. The van der Waals surface area contributed by atoms with E-state index >= 15 is 0 Å². The number of carbonyl (C=O) groups excluding carboxylic acids is 1. The fourth-order valence-electron chi connectivity index (χ4n) is 3.02. The first-order valence-corrected chi connectivity index (χ1v) is 8.73. The molecule has 4 nitrogen and oxygen atoms in total. The molecule has 0 bridgehead atoms. The molecule has 138 valence electrons. The van der Waals surface area contributed by atoms with E-state index in [9.17, 15) is 13.6 Å². The lowest BCUT2D eigenvalue weighted by Crippen LogP contribution is -2.44. The van der Waals surface area contributed by atoms with Gasteiger partial charge in [-0.15, -0.1) is 0 Å². The highest BCUT2D eigenvalue weighted by molar-refractivity contribution is 6.30. The summed E-state index contributed by atoms with van der Waals surface area (Å²) in [4.78, 5) is 14.5. The molecule has 1 atom stereocenters. The molecule has 0 aliphatic carbocycles. The Bertz CT molecular complexity index is 744. The Kier molecular flexibility index (Phi) is 6.19. The first kappa shape index (κ1) is 18.8. The fraction of sp³-hybridized carbons (Fsp3) is 0.316. The lowest BCUT2D eigenvalue weighted by atomic mass is 10.0. The fourth-order valence-corrected chi connectivity index (χ4v) is 3.15. The van der Waals surface area contributed by atoms with E-state index in [0.29, 0.717) is 31.3 Å². The second kappa shape index (κ2) is 8.58. The first-order chi connectivity index (χ1) is 12.6. The maximum Gasteiger partial charge on any atom is 0.257 e. The summed E-state index contributed by atoms with van der Waals surface area (Å²) in [6.07, 6.45) is 0. The van der Waals surface area contributed by atoms with Gasteiger partial charge in [-0.3, -0.25) is 9.69 Å². The molecular weight excluding hydrogens is 362 g/mol. The lowest BCUT2D eigenvalue weighted by Gasteiger charge is -2.35. The summed E-state index contributed by atoms with van der Waals surface area (Å²) in [7, 11) is 0. The molecule has 7 heteroatoms. The van der Waals surface area contributed by atoms with Crippen LogP contribution in [0.3, 0.4) is 0 Å². The zero-order chi connectivity index (χ0) is 18.5. The maximum absolute atomic E-state index is 13.8. The van der Waals surface area contributed by atoms with Crippen LogP contribution in [0.15, 0.2) is 42.5 Å². The minimum atomic E-state index is -0.878. The molecule has 1 aliphatic rings. The first-order valence-electron chi connectivity index (χ1n) is 8.35. The van der Waals surface area contributed by atoms with Gasteiger partial charge in [-0.05, 0) is 29.8 Å². The summed E-state index contributed by atoms with van der Waals surface area (Å²) in [5.41, 5.74) is 0.398. The summed E-state index contributed by atoms with van der Waals surface area (Å²) in [5.74, 6) is -2.53. The molecule has 0 spiro atoms. The van der Waals surface area contributed by atoms with Crippen molar-refractivity contribution in [2.24, 2.45) is 0 Å². The third-order valence-corrected chi connectivity index (χ3v) is 4.64. The van der Waals surface area contributed by atoms with Gasteiger partial charge in [0, 0.05) is 24.7 Å². The van der Waals surface area contributed by atoms with Crippen LogP contribution >= 0.6 is 11.6 Å². The van der Waals surface area contributed by atoms with E-state index in [1.165, 1.54) is 6.07 Å². The molecule has 0 saturated carbocycles. The van der Waals surface area contributed by atoms with E-state index in [2.05, 4.69) is 10.2 Å². The van der Waals surface area contributed by atoms with Gasteiger partial charge in [0.2, 0.25) is 0 Å². The molecule has 1 aliphatic heterocycles. The second-order valence-electron chi connectivity index (χ2n) is 6.02. The summed E-state index contributed by atoms with van der Waals surface area (Å²) in [5, 5.41) is 3.27. The largest absolute Gasteiger partial charge is 0.379 e. The van der Waals surface area contributed by atoms with E-state index in [-0.39, 0.29) is 12.6 Å². The molecule has 26 heavy (non-hydrogen) atoms. The normalized spacial score (nSPS) is 16.3. The highest BCUT2D eigenvalue weighted by atomic mass is 35.5. The van der Waals surface area contributed by atoms with Gasteiger partial charge < -0.3 is 10.1 Å². The van der Waals surface area contributed by atoms with Gasteiger partial charge in [-0.2, -0.15) is 0 Å². The molecule has 1 heterocycles. The number of carbonyl (C=O) groups is 1. The van der Waals surface area contributed by atoms with Crippen molar-refractivity contribution in [3.05, 3.63) is 70.2 Å². The van der Waals surface area contributed by atoms with Crippen LogP contribution in [-0.4, -0.2) is 43.7 Å². The Morgan fingerprint density at radius 1 is 1.12 bits per heavy atom. The number of hydrogen-bond acceptors (Lipinski definition) is 3. The van der Waals surface area contributed by atoms with Crippen LogP contribution < -0.4 is 5.32 Å². The number of nitrogens with one attached hydrogen (secondary N) is 1. The summed E-state index contributed by atoms with van der Waals surface area (Å²) >= 11 is 5.96. The van der Waals surface area contributed by atoms with Gasteiger partial charge in [0.1, 0.15) is 17.2 Å². The van der Waals surface area contributed by atoms with E-state index in [1.54, 1.807) is 12.1 Å². The highest BCUT2D eigenvalue weighted by Gasteiger charge is 2.24. The van der Waals surface area contributed by atoms with Gasteiger partial charge in [-0.25, -0.2) is 8.78 Å². The molecule has 2 aromatic rings. The number of hydrogen-bond donors (Lipinski definition) is 1. The molecule has 3 rings (SSSR count). The Morgan fingerprint density at radius 2 is 1.73 bits per heavy atom. The Labute approximate surface area is 155 Å². The summed E-state index contributed by atoms with van der Waals surface area (Å²) in [6.45, 7) is 2.82. The molecule has 2 aromatic carbocycles. The number of nitrogens with zero attached hydrogens (tertiary/aromatic N) is 1. The van der Waals surface area contributed by atoms with E-state index in [1.807, 2.05) is 12.1 Å². The van der Waals surface area contributed by atoms with Crippen molar-refractivity contribution in [2.75, 3.05) is 32.8 Å². The van der Waals surface area contributed by atoms with Crippen LogP contribution in [-0.2, 0) is 4.74 Å². The monoisotopic (exact) mass is 380 g/mol. The van der Waals surface area contributed by atoms with Crippen molar-refractivity contribution >= 4 is 17.5 Å². The third kappa shape index (κ3) is 4.38. The number of amides is 1. The smallest absolute Gasteiger partial charge is 0.257 e. The summed E-state index contributed by atoms with van der Waals surface area (Å²) in [6, 6.07) is 10.6. The molecule has 1 fully saturated rings. The molecule has 1 amide bonds. The number of rotatable bonds is 5. The van der Waals surface area contributed by atoms with Crippen LogP contribution in [0.2, 0.25) is 5.02 Å². The van der Waals surface area contributed by atoms with Gasteiger partial charge in [0.05, 0.1) is 19.3 Å². The molecule has 1 N–H and O–H groups in total. The van der Waals surface area contributed by atoms with Crippen molar-refractivity contribution in [3.63, 3.8) is 0 Å². The number of morpholine rings is 1. The average molecular weight is 381 g/mol. The second-order valence-corrected chi connectivity index (χ2v) is 6.46. The van der Waals surface area contributed by atoms with Crippen LogP contribution in [0.5, 0.6) is 0 Å². The van der Waals surface area contributed by atoms with Gasteiger partial charge >= 0.3 is 0 Å². The topological polar surface area (TPSA) is 41.6 Å². The Balaban J connectivity index is 1.77. The Morgan fingerprint density at radius 3 is 2.35 bits per heavy atom. The molecule has 0 aromatic heterocycles. The minimum Gasteiger partial charge on any atom is -0.379 e. The zero-order valence-electron chi connectivity index (χ0n) is 14.1. The molecule has 0 radical (unpaired) electrons. The average Bonchev–Trinajstić information content (AvgIpc) is 2.64. The quantitative estimate of drug-likeness (QED) is 0.864. The van der Waals surface area contributed by atoms with Gasteiger partial charge in [0.15, 0.2) is 0 Å². The highest BCUT2D eigenvalue weighted by Crippen LogP contribution is 2.23. The third-order valence-electron chi connectivity index (χ3n) is 4.39. The van der Waals surface area contributed by atoms with Gasteiger partial charge in [-0.1, -0.05) is 29.8 Å². The predicted octanol–water partition coefficient (Wildman–Crippen LogP) is 3.42. The zero-order valence-corrected chi connectivity index (χ0v) is 14.8. The Hall–Kier alpha value is -2.02.